The first-order valence-corrected chi connectivity index (χ1v) is 7.03. The lowest BCUT2D eigenvalue weighted by Crippen LogP contribution is -2.13. The average molecular weight is 304 g/mol. The van der Waals surface area contributed by atoms with E-state index < -0.39 is 5.82 Å². The number of halogens is 2. The van der Waals surface area contributed by atoms with Gasteiger partial charge >= 0.3 is 0 Å². The predicted molar refractivity (Wildman–Crippen MR) is 70.7 cm³/mol. The van der Waals surface area contributed by atoms with Crippen LogP contribution in [0.3, 0.4) is 0 Å². The summed E-state index contributed by atoms with van der Waals surface area (Å²) in [4.78, 5) is 11.6. The lowest BCUT2D eigenvalue weighted by Gasteiger charge is -2.04. The molecule has 0 saturated heterocycles. The van der Waals surface area contributed by atoms with Gasteiger partial charge in [0.15, 0.2) is 4.34 Å². The van der Waals surface area contributed by atoms with Crippen LogP contribution in [0.2, 0.25) is 5.02 Å². The first-order chi connectivity index (χ1) is 8.65. The van der Waals surface area contributed by atoms with E-state index in [1.165, 1.54) is 41.3 Å². The Bertz CT molecular complexity index is 550. The van der Waals surface area contributed by atoms with Crippen LogP contribution in [0, 0.1) is 5.82 Å². The third kappa shape index (κ3) is 3.66. The highest BCUT2D eigenvalue weighted by atomic mass is 35.5. The van der Waals surface area contributed by atoms with Gasteiger partial charge in [0.2, 0.25) is 5.91 Å². The van der Waals surface area contributed by atoms with E-state index in [2.05, 4.69) is 15.5 Å². The molecule has 1 heterocycles. The maximum absolute atomic E-state index is 12.9. The molecule has 8 heteroatoms. The molecule has 0 atom stereocenters. The van der Waals surface area contributed by atoms with Gasteiger partial charge in [0, 0.05) is 5.69 Å². The van der Waals surface area contributed by atoms with Crippen LogP contribution in [0.4, 0.5) is 10.1 Å². The molecule has 0 bridgehead atoms. The third-order valence-corrected chi connectivity index (χ3v) is 4.02. The molecule has 2 aromatic rings. The van der Waals surface area contributed by atoms with Crippen LogP contribution in [0.15, 0.2) is 28.0 Å². The molecule has 1 amide bonds. The number of carbonyl (C=O) groups excluding carboxylic acids is 1. The van der Waals surface area contributed by atoms with E-state index in [4.69, 9.17) is 11.6 Å². The van der Waals surface area contributed by atoms with Crippen LogP contribution in [-0.4, -0.2) is 21.9 Å². The van der Waals surface area contributed by atoms with Crippen molar-refractivity contribution in [1.82, 2.24) is 10.2 Å². The van der Waals surface area contributed by atoms with E-state index in [-0.39, 0.29) is 16.7 Å². The second-order valence-corrected chi connectivity index (χ2v) is 5.63. The smallest absolute Gasteiger partial charge is 0.234 e. The minimum Gasteiger partial charge on any atom is -0.325 e. The Morgan fingerprint density at radius 3 is 3.06 bits per heavy atom. The highest BCUT2D eigenvalue weighted by Gasteiger charge is 2.07. The molecule has 0 spiro atoms. The van der Waals surface area contributed by atoms with Gasteiger partial charge < -0.3 is 5.32 Å². The minimum atomic E-state index is -0.516. The zero-order valence-electron chi connectivity index (χ0n) is 8.89. The summed E-state index contributed by atoms with van der Waals surface area (Å²) in [5.41, 5.74) is 2.06. The van der Waals surface area contributed by atoms with Gasteiger partial charge in [-0.25, -0.2) is 4.39 Å². The van der Waals surface area contributed by atoms with Gasteiger partial charge in [0.05, 0.1) is 10.8 Å². The third-order valence-electron chi connectivity index (χ3n) is 1.87. The van der Waals surface area contributed by atoms with Gasteiger partial charge in [-0.05, 0) is 18.2 Å². The fraction of sp³-hybridized carbons (Fsp3) is 0.100. The van der Waals surface area contributed by atoms with Crippen molar-refractivity contribution in [1.29, 1.82) is 0 Å². The molecule has 0 radical (unpaired) electrons. The van der Waals surface area contributed by atoms with Crippen LogP contribution in [0.5, 0.6) is 0 Å². The van der Waals surface area contributed by atoms with Crippen molar-refractivity contribution < 1.29 is 9.18 Å². The monoisotopic (exact) mass is 303 g/mol. The lowest BCUT2D eigenvalue weighted by molar-refractivity contribution is -0.113. The molecule has 94 valence electrons. The van der Waals surface area contributed by atoms with Crippen LogP contribution in [0.25, 0.3) is 0 Å². The van der Waals surface area contributed by atoms with Crippen molar-refractivity contribution in [2.45, 2.75) is 4.34 Å². The average Bonchev–Trinajstić information content (AvgIpc) is 2.84. The number of carbonyl (C=O) groups is 1. The molecule has 1 aromatic carbocycles. The Hall–Kier alpha value is -1.18. The summed E-state index contributed by atoms with van der Waals surface area (Å²) in [5, 5.41) is 10.1. The number of benzene rings is 1. The van der Waals surface area contributed by atoms with Gasteiger partial charge in [-0.15, -0.1) is 10.2 Å². The highest BCUT2D eigenvalue weighted by molar-refractivity contribution is 8.01. The number of nitrogens with one attached hydrogen (secondary N) is 1. The van der Waals surface area contributed by atoms with Crippen LogP contribution in [0.1, 0.15) is 0 Å². The van der Waals surface area contributed by atoms with Crippen LogP contribution < -0.4 is 5.32 Å². The zero-order valence-corrected chi connectivity index (χ0v) is 11.3. The maximum Gasteiger partial charge on any atom is 0.234 e. The number of anilines is 1. The van der Waals surface area contributed by atoms with E-state index in [0.717, 1.165) is 4.34 Å². The molecule has 2 rings (SSSR count). The largest absolute Gasteiger partial charge is 0.325 e. The summed E-state index contributed by atoms with van der Waals surface area (Å²) < 4.78 is 13.6. The van der Waals surface area contributed by atoms with Crippen molar-refractivity contribution >= 4 is 46.3 Å². The summed E-state index contributed by atoms with van der Waals surface area (Å²) in [6.07, 6.45) is 0. The Morgan fingerprint density at radius 1 is 1.56 bits per heavy atom. The molecule has 0 unspecified atom stereocenters. The number of thioether (sulfide) groups is 1. The molecule has 0 saturated carbocycles. The first-order valence-electron chi connectivity index (χ1n) is 4.79. The molecule has 0 aliphatic heterocycles. The summed E-state index contributed by atoms with van der Waals surface area (Å²) >= 11 is 8.26. The van der Waals surface area contributed by atoms with Crippen LogP contribution in [-0.2, 0) is 4.79 Å². The van der Waals surface area contributed by atoms with E-state index in [1.807, 2.05) is 0 Å². The number of amides is 1. The lowest BCUT2D eigenvalue weighted by atomic mass is 10.3. The summed E-state index contributed by atoms with van der Waals surface area (Å²) in [6.45, 7) is 0. The number of hydrogen-bond acceptors (Lipinski definition) is 5. The second-order valence-electron chi connectivity index (χ2n) is 3.17. The zero-order chi connectivity index (χ0) is 13.0. The number of nitrogens with zero attached hydrogens (tertiary/aromatic N) is 2. The molecule has 0 aliphatic rings. The van der Waals surface area contributed by atoms with Crippen LogP contribution >= 0.6 is 34.7 Å². The summed E-state index contributed by atoms with van der Waals surface area (Å²) in [5.74, 6) is -0.514. The Morgan fingerprint density at radius 2 is 2.39 bits per heavy atom. The fourth-order valence-corrected chi connectivity index (χ4v) is 2.59. The van der Waals surface area contributed by atoms with Gasteiger partial charge in [0.1, 0.15) is 11.3 Å². The summed E-state index contributed by atoms with van der Waals surface area (Å²) in [7, 11) is 0. The molecule has 18 heavy (non-hydrogen) atoms. The van der Waals surface area contributed by atoms with Crippen molar-refractivity contribution in [2.75, 3.05) is 11.1 Å². The first kappa shape index (κ1) is 13.3. The second kappa shape index (κ2) is 6.12. The molecule has 1 N–H and O–H groups in total. The van der Waals surface area contributed by atoms with Gasteiger partial charge in [-0.3, -0.25) is 4.79 Å². The van der Waals surface area contributed by atoms with E-state index in [1.54, 1.807) is 5.51 Å². The normalized spacial score (nSPS) is 10.3. The van der Waals surface area contributed by atoms with E-state index in [9.17, 15) is 9.18 Å². The minimum absolute atomic E-state index is 0.0235. The van der Waals surface area contributed by atoms with E-state index in [0.29, 0.717) is 5.69 Å². The Kier molecular flexibility index (Phi) is 4.51. The van der Waals surface area contributed by atoms with Crippen molar-refractivity contribution in [3.05, 3.63) is 34.5 Å². The molecule has 4 nitrogen and oxygen atoms in total. The Balaban J connectivity index is 1.88. The predicted octanol–water partition coefficient (Wildman–Crippen LogP) is 3.06. The molecular weight excluding hydrogens is 297 g/mol. The molecule has 1 aromatic heterocycles. The van der Waals surface area contributed by atoms with Crippen molar-refractivity contribution in [3.63, 3.8) is 0 Å². The summed E-state index contributed by atoms with van der Waals surface area (Å²) in [6, 6.07) is 4.02. The SMILES string of the molecule is O=C(CSc1nncs1)Nc1ccc(F)c(Cl)c1. The Labute approximate surface area is 116 Å². The number of aromatic nitrogens is 2. The molecule has 0 aliphatic carbocycles. The topological polar surface area (TPSA) is 54.9 Å². The van der Waals surface area contributed by atoms with E-state index >= 15 is 0 Å². The maximum atomic E-state index is 12.9. The molecule has 0 fully saturated rings. The standard InChI is InChI=1S/C10H7ClFN3OS2/c11-7-3-6(1-2-8(7)12)14-9(16)4-17-10-15-13-5-18-10/h1-3,5H,4H2,(H,14,16). The quantitative estimate of drug-likeness (QED) is 0.882. The number of rotatable bonds is 4. The molecular formula is C10H7ClFN3OS2. The highest BCUT2D eigenvalue weighted by Crippen LogP contribution is 2.21. The fourth-order valence-electron chi connectivity index (χ4n) is 1.12. The number of hydrogen-bond donors (Lipinski definition) is 1. The van der Waals surface area contributed by atoms with Crippen molar-refractivity contribution in [3.8, 4) is 0 Å². The van der Waals surface area contributed by atoms with Gasteiger partial charge in [0.25, 0.3) is 0 Å². The van der Waals surface area contributed by atoms with Gasteiger partial charge in [-0.1, -0.05) is 34.7 Å². The van der Waals surface area contributed by atoms with Crippen molar-refractivity contribution in [2.24, 2.45) is 0 Å². The van der Waals surface area contributed by atoms with Gasteiger partial charge in [-0.2, -0.15) is 0 Å².